The van der Waals surface area contributed by atoms with Gasteiger partial charge in [0.15, 0.2) is 0 Å². The van der Waals surface area contributed by atoms with Crippen LogP contribution >= 0.6 is 0 Å². The van der Waals surface area contributed by atoms with E-state index in [4.69, 9.17) is 9.47 Å². The fourth-order valence-corrected chi connectivity index (χ4v) is 4.15. The van der Waals surface area contributed by atoms with Gasteiger partial charge in [-0.3, -0.25) is 9.11 Å². The molecule has 0 atom stereocenters. The minimum Gasteiger partial charge on any atom is -0.394 e. The highest BCUT2D eigenvalue weighted by Gasteiger charge is 2.23. The van der Waals surface area contributed by atoms with Crippen LogP contribution in [-0.4, -0.2) is 32.1 Å². The van der Waals surface area contributed by atoms with E-state index in [0.717, 1.165) is 12.1 Å². The predicted octanol–water partition coefficient (Wildman–Crippen LogP) is 3.21. The number of hydrogen-bond acceptors (Lipinski definition) is 7. The summed E-state index contributed by atoms with van der Waals surface area (Å²) in [6.45, 7) is 6.99. The first-order valence-electron chi connectivity index (χ1n) is 8.29. The highest BCUT2D eigenvalue weighted by Crippen LogP contribution is 2.30. The molecule has 2 aromatic carbocycles. The molecular formula is C19H18O9S2. The molecule has 0 aliphatic rings. The summed E-state index contributed by atoms with van der Waals surface area (Å²) in [7, 11) is -9.19. The van der Waals surface area contributed by atoms with Crippen LogP contribution in [0.1, 0.15) is 11.1 Å². The van der Waals surface area contributed by atoms with Crippen molar-refractivity contribution in [1.82, 2.24) is 0 Å². The second kappa shape index (κ2) is 9.22. The molecule has 0 aliphatic heterocycles. The molecule has 0 spiro atoms. The zero-order valence-corrected chi connectivity index (χ0v) is 17.1. The molecule has 0 saturated carbocycles. The fraction of sp³-hybridized carbons (Fsp3) is 0.105. The second-order valence-electron chi connectivity index (χ2n) is 5.86. The molecule has 2 aromatic rings. The minimum absolute atomic E-state index is 0.0232. The Hall–Kier alpha value is -2.99. The lowest BCUT2D eigenvalue weighted by atomic mass is 10.1. The van der Waals surface area contributed by atoms with Crippen LogP contribution in [0.3, 0.4) is 0 Å². The van der Waals surface area contributed by atoms with Crippen molar-refractivity contribution in [2.75, 3.05) is 0 Å². The van der Waals surface area contributed by atoms with Gasteiger partial charge in [0.05, 0.1) is 0 Å². The van der Waals surface area contributed by atoms with Crippen LogP contribution in [0, 0.1) is 0 Å². The fourth-order valence-electron chi connectivity index (χ4n) is 2.66. The Balaban J connectivity index is 2.42. The zero-order valence-electron chi connectivity index (χ0n) is 15.5. The van der Waals surface area contributed by atoms with Gasteiger partial charge in [0.2, 0.25) is 0 Å². The Morgan fingerprint density at radius 3 is 1.47 bits per heavy atom. The summed E-state index contributed by atoms with van der Waals surface area (Å²) in [5.74, 6) is -0.405. The molecule has 0 bridgehead atoms. The largest absolute Gasteiger partial charge is 0.519 e. The van der Waals surface area contributed by atoms with Gasteiger partial charge in [-0.1, -0.05) is 24.3 Å². The number of rotatable bonds is 8. The number of ether oxygens (including phenoxy) is 2. The lowest BCUT2D eigenvalue weighted by molar-refractivity contribution is 0.150. The molecule has 9 nitrogen and oxygen atoms in total. The van der Waals surface area contributed by atoms with Crippen molar-refractivity contribution in [3.63, 3.8) is 0 Å². The molecule has 0 aliphatic carbocycles. The van der Waals surface area contributed by atoms with E-state index in [1.165, 1.54) is 36.4 Å². The number of carbonyl (C=O) groups is 1. The number of carbonyl (C=O) groups excluding carboxylic acids is 1. The van der Waals surface area contributed by atoms with Crippen LogP contribution in [-0.2, 0) is 33.1 Å². The maximum absolute atomic E-state index is 12.3. The third kappa shape index (κ3) is 5.54. The molecule has 2 rings (SSSR count). The zero-order chi connectivity index (χ0) is 22.5. The number of benzene rings is 2. The van der Waals surface area contributed by atoms with Crippen LogP contribution in [0.4, 0.5) is 4.79 Å². The van der Waals surface area contributed by atoms with Crippen LogP contribution in [0.25, 0.3) is 0 Å². The average molecular weight is 454 g/mol. The molecule has 11 heteroatoms. The van der Waals surface area contributed by atoms with Crippen molar-refractivity contribution in [2.45, 2.75) is 22.6 Å². The average Bonchev–Trinajstić information content (AvgIpc) is 2.63. The Morgan fingerprint density at radius 2 is 1.17 bits per heavy atom. The van der Waals surface area contributed by atoms with Gasteiger partial charge in [-0.25, -0.2) is 4.79 Å². The number of hydrogen-bond donors (Lipinski definition) is 2. The number of allylic oxidation sites excluding steroid dienone is 2. The Morgan fingerprint density at radius 1 is 0.800 bits per heavy atom. The first-order chi connectivity index (χ1) is 14.0. The SMILES string of the molecule is C=CCc1c(OC(=O)Oc2cccc(S(=O)(=O)O)c2CC=C)cccc1S(=O)(=O)O. The van der Waals surface area contributed by atoms with E-state index in [0.29, 0.717) is 0 Å². The van der Waals surface area contributed by atoms with E-state index in [1.54, 1.807) is 0 Å². The Labute approximate surface area is 173 Å². The minimum atomic E-state index is -4.59. The molecule has 160 valence electrons. The van der Waals surface area contributed by atoms with E-state index in [9.17, 15) is 30.7 Å². The summed E-state index contributed by atoms with van der Waals surface area (Å²) in [5.41, 5.74) is -0.0464. The monoisotopic (exact) mass is 454 g/mol. The van der Waals surface area contributed by atoms with Gasteiger partial charge in [-0.2, -0.15) is 16.8 Å². The first kappa shape index (κ1) is 23.3. The van der Waals surface area contributed by atoms with Gasteiger partial charge in [-0.15, -0.1) is 13.2 Å². The molecular weight excluding hydrogens is 436 g/mol. The van der Waals surface area contributed by atoms with Crippen molar-refractivity contribution >= 4 is 26.4 Å². The summed E-state index contributed by atoms with van der Waals surface area (Å²) in [6.07, 6.45) is 1.31. The van der Waals surface area contributed by atoms with Crippen LogP contribution in [0.2, 0.25) is 0 Å². The summed E-state index contributed by atoms with van der Waals surface area (Å²) in [5, 5.41) is 0. The van der Waals surface area contributed by atoms with Gasteiger partial charge in [0.25, 0.3) is 20.2 Å². The van der Waals surface area contributed by atoms with Crippen molar-refractivity contribution in [1.29, 1.82) is 0 Å². The standard InChI is InChI=1S/C19H18O9S2/c1-3-7-13-15(9-5-11-17(13)29(21,22)23)27-19(20)28-16-10-6-12-18(30(24,25)26)14(16)8-4-2/h3-6,9-12H,1-2,7-8H2,(H,21,22,23)(H,24,25,26). The first-order valence-corrected chi connectivity index (χ1v) is 11.2. The highest BCUT2D eigenvalue weighted by atomic mass is 32.2. The third-order valence-electron chi connectivity index (χ3n) is 3.82. The summed E-state index contributed by atoms with van der Waals surface area (Å²) >= 11 is 0. The van der Waals surface area contributed by atoms with Gasteiger partial charge in [0.1, 0.15) is 21.3 Å². The third-order valence-corrected chi connectivity index (χ3v) is 5.70. The van der Waals surface area contributed by atoms with E-state index in [2.05, 4.69) is 13.2 Å². The van der Waals surface area contributed by atoms with Crippen LogP contribution in [0.15, 0.2) is 71.5 Å². The lowest BCUT2D eigenvalue weighted by Crippen LogP contribution is -2.17. The summed E-state index contributed by atoms with van der Waals surface area (Å²) < 4.78 is 75.1. The van der Waals surface area contributed by atoms with Gasteiger partial charge in [-0.05, 0) is 37.1 Å². The van der Waals surface area contributed by atoms with Gasteiger partial charge in [0, 0.05) is 11.1 Å². The van der Waals surface area contributed by atoms with E-state index < -0.39 is 36.2 Å². The Kier molecular flexibility index (Phi) is 7.16. The maximum atomic E-state index is 12.3. The molecule has 0 heterocycles. The lowest BCUT2D eigenvalue weighted by Gasteiger charge is -2.14. The molecule has 0 fully saturated rings. The highest BCUT2D eigenvalue weighted by molar-refractivity contribution is 7.86. The summed E-state index contributed by atoms with van der Waals surface area (Å²) in [4.78, 5) is 11.4. The van der Waals surface area contributed by atoms with Crippen molar-refractivity contribution in [3.8, 4) is 11.5 Å². The summed E-state index contributed by atoms with van der Waals surface area (Å²) in [6, 6.07) is 7.33. The van der Waals surface area contributed by atoms with Crippen molar-refractivity contribution in [3.05, 3.63) is 72.8 Å². The smallest absolute Gasteiger partial charge is 0.394 e. The van der Waals surface area contributed by atoms with Crippen molar-refractivity contribution in [2.24, 2.45) is 0 Å². The van der Waals surface area contributed by atoms with Crippen LogP contribution in [0.5, 0.6) is 11.5 Å². The normalized spacial score (nSPS) is 11.5. The van der Waals surface area contributed by atoms with Crippen LogP contribution < -0.4 is 9.47 Å². The van der Waals surface area contributed by atoms with E-state index in [1.807, 2.05) is 0 Å². The van der Waals surface area contributed by atoms with Gasteiger partial charge >= 0.3 is 6.16 Å². The van der Waals surface area contributed by atoms with E-state index >= 15 is 0 Å². The van der Waals surface area contributed by atoms with E-state index in [-0.39, 0.29) is 35.5 Å². The molecule has 0 saturated heterocycles. The van der Waals surface area contributed by atoms with Crippen molar-refractivity contribution < 1.29 is 40.2 Å². The van der Waals surface area contributed by atoms with Gasteiger partial charge < -0.3 is 9.47 Å². The second-order valence-corrected chi connectivity index (χ2v) is 8.64. The molecule has 2 N–H and O–H groups in total. The molecule has 0 aromatic heterocycles. The Bertz CT molecular complexity index is 1100. The molecule has 0 unspecified atom stereocenters. The topological polar surface area (TPSA) is 144 Å². The maximum Gasteiger partial charge on any atom is 0.519 e. The molecule has 0 amide bonds. The molecule has 30 heavy (non-hydrogen) atoms. The predicted molar refractivity (Wildman–Crippen MR) is 107 cm³/mol. The molecule has 0 radical (unpaired) electrons. The quantitative estimate of drug-likeness (QED) is 0.266.